The number of carbonyl (C=O) groups is 4. The zero-order valence-electron chi connectivity index (χ0n) is 24.3. The molecule has 0 aromatic heterocycles. The van der Waals surface area contributed by atoms with Crippen molar-refractivity contribution >= 4 is 23.8 Å². The molecule has 0 fully saturated rings. The summed E-state index contributed by atoms with van der Waals surface area (Å²) in [5, 5.41) is 18.4. The lowest BCUT2D eigenvalue weighted by molar-refractivity contribution is -0.148. The van der Waals surface area contributed by atoms with Crippen LogP contribution in [0.25, 0.3) is 0 Å². The molecule has 4 N–H and O–H groups in total. The molecule has 0 unspecified atom stereocenters. The zero-order chi connectivity index (χ0) is 29.9. The number of phenols is 1. The Morgan fingerprint density at radius 2 is 1.78 bits per heavy atom. The van der Waals surface area contributed by atoms with E-state index < -0.39 is 41.5 Å². The van der Waals surface area contributed by atoms with Crippen molar-refractivity contribution < 1.29 is 29.0 Å². The van der Waals surface area contributed by atoms with Crippen LogP contribution >= 0.6 is 0 Å². The van der Waals surface area contributed by atoms with Gasteiger partial charge in [-0.25, -0.2) is 4.79 Å². The molecule has 0 spiro atoms. The summed E-state index contributed by atoms with van der Waals surface area (Å²) in [6.45, 7) is 6.97. The number of carbonyl (C=O) groups excluding carboxylic acids is 4. The number of benzene rings is 2. The number of ether oxygens (including phenoxy) is 1. The predicted octanol–water partition coefficient (Wildman–Crippen LogP) is 3.11. The summed E-state index contributed by atoms with van der Waals surface area (Å²) in [7, 11) is 1.39. The first-order valence-corrected chi connectivity index (χ1v) is 14.1. The summed E-state index contributed by atoms with van der Waals surface area (Å²) in [5.74, 6) is -1.26. The number of hydrogen-bond acceptors (Lipinski definition) is 6. The molecule has 4 amide bonds. The predicted molar refractivity (Wildman–Crippen MR) is 153 cm³/mol. The lowest BCUT2D eigenvalue weighted by Gasteiger charge is -2.41. The largest absolute Gasteiger partial charge is 0.508 e. The number of amides is 4. The average molecular weight is 565 g/mol. The maximum absolute atomic E-state index is 14.2. The average Bonchev–Trinajstić information content (AvgIpc) is 2.94. The minimum atomic E-state index is -1.14. The Morgan fingerprint density at radius 1 is 1.05 bits per heavy atom. The summed E-state index contributed by atoms with van der Waals surface area (Å²) >= 11 is 0. The third-order valence-electron chi connectivity index (χ3n) is 7.85. The first kappa shape index (κ1) is 29.9. The molecule has 0 saturated heterocycles. The molecule has 220 valence electrons. The van der Waals surface area contributed by atoms with Crippen LogP contribution in [0.1, 0.15) is 68.8 Å². The topological polar surface area (TPSA) is 137 Å². The number of phenolic OH excluding ortho intramolecular Hbond substituents is 1. The third kappa shape index (κ3) is 6.81. The van der Waals surface area contributed by atoms with E-state index >= 15 is 0 Å². The Balaban J connectivity index is 1.63. The van der Waals surface area contributed by atoms with Crippen LogP contribution in [0.2, 0.25) is 0 Å². The van der Waals surface area contributed by atoms with E-state index in [9.17, 15) is 24.3 Å². The summed E-state index contributed by atoms with van der Waals surface area (Å²) in [5.41, 5.74) is 3.18. The van der Waals surface area contributed by atoms with E-state index in [1.807, 2.05) is 39.0 Å². The second-order valence-electron chi connectivity index (χ2n) is 11.9. The molecule has 2 aliphatic rings. The molecule has 0 radical (unpaired) electrons. The Morgan fingerprint density at radius 3 is 2.49 bits per heavy atom. The third-order valence-corrected chi connectivity index (χ3v) is 7.85. The Kier molecular flexibility index (Phi) is 8.89. The van der Waals surface area contributed by atoms with Crippen molar-refractivity contribution in [3.05, 3.63) is 64.7 Å². The van der Waals surface area contributed by atoms with Gasteiger partial charge in [0.2, 0.25) is 11.8 Å². The standard InChI is InChI=1S/C31H40N4O6/c1-18(41-30(40)32-5)27(37)34-26(31(2,3)4)29(39)35-17-21-15-22(36)14-13-20(21)16-25(35)28(38)33-24-12-8-10-19-9-6-7-11-23(19)24/h6-7,9,11,13-15,18,24-26,36H,8,10,12,16-17H2,1-5H3,(H,32,40)(H,33,38)(H,34,37)/t18-,24+,25-,26+/m0/s1. The molecule has 41 heavy (non-hydrogen) atoms. The van der Waals surface area contributed by atoms with Gasteiger partial charge in [-0.15, -0.1) is 0 Å². The highest BCUT2D eigenvalue weighted by molar-refractivity contribution is 5.94. The number of fused-ring (bicyclic) bond motifs is 2. The van der Waals surface area contributed by atoms with Crippen molar-refractivity contribution in [2.75, 3.05) is 7.05 Å². The van der Waals surface area contributed by atoms with Gasteiger partial charge in [0.05, 0.1) is 6.04 Å². The Labute approximate surface area is 240 Å². The lowest BCUT2D eigenvalue weighted by Crippen LogP contribution is -2.61. The number of rotatable bonds is 6. The molecular formula is C31H40N4O6. The number of aromatic hydroxyl groups is 1. The van der Waals surface area contributed by atoms with Gasteiger partial charge in [0, 0.05) is 20.0 Å². The van der Waals surface area contributed by atoms with E-state index in [4.69, 9.17) is 4.74 Å². The van der Waals surface area contributed by atoms with Crippen molar-refractivity contribution in [1.82, 2.24) is 20.9 Å². The van der Waals surface area contributed by atoms with Crippen molar-refractivity contribution in [1.29, 1.82) is 0 Å². The number of alkyl carbamates (subject to hydrolysis) is 1. The Bertz CT molecular complexity index is 1320. The minimum Gasteiger partial charge on any atom is -0.508 e. The maximum Gasteiger partial charge on any atom is 0.407 e. The second kappa shape index (κ2) is 12.2. The number of aryl methyl sites for hydroxylation is 1. The molecule has 10 heteroatoms. The van der Waals surface area contributed by atoms with Crippen molar-refractivity contribution in [2.45, 2.75) is 84.2 Å². The van der Waals surface area contributed by atoms with Crippen LogP contribution in [0, 0.1) is 5.41 Å². The zero-order valence-corrected chi connectivity index (χ0v) is 24.3. The molecule has 0 bridgehead atoms. The van der Waals surface area contributed by atoms with Gasteiger partial charge in [-0.1, -0.05) is 51.1 Å². The quantitative estimate of drug-likeness (QED) is 0.426. The maximum atomic E-state index is 14.2. The normalized spacial score (nSPS) is 19.6. The van der Waals surface area contributed by atoms with Crippen LogP contribution in [-0.4, -0.2) is 59.1 Å². The van der Waals surface area contributed by atoms with Gasteiger partial charge in [0.25, 0.3) is 5.91 Å². The number of nitrogens with one attached hydrogen (secondary N) is 3. The highest BCUT2D eigenvalue weighted by Crippen LogP contribution is 2.33. The first-order valence-electron chi connectivity index (χ1n) is 14.1. The van der Waals surface area contributed by atoms with E-state index in [-0.39, 0.29) is 30.7 Å². The molecule has 0 saturated carbocycles. The van der Waals surface area contributed by atoms with Gasteiger partial charge in [-0.2, -0.15) is 0 Å². The van der Waals surface area contributed by atoms with Gasteiger partial charge in [0.15, 0.2) is 6.10 Å². The summed E-state index contributed by atoms with van der Waals surface area (Å²) in [6, 6.07) is 11.0. The molecule has 1 aliphatic carbocycles. The molecule has 2 aromatic rings. The highest BCUT2D eigenvalue weighted by atomic mass is 16.6. The van der Waals surface area contributed by atoms with Crippen LogP contribution in [-0.2, 0) is 38.5 Å². The van der Waals surface area contributed by atoms with Gasteiger partial charge in [-0.05, 0) is 66.0 Å². The lowest BCUT2D eigenvalue weighted by atomic mass is 9.83. The van der Waals surface area contributed by atoms with E-state index in [1.54, 1.807) is 18.2 Å². The SMILES string of the molecule is CNC(=O)O[C@@H](C)C(=O)N[C@H](C(=O)N1Cc2cc(O)ccc2C[C@H]1C(=O)N[C@@H]1CCCc2ccccc21)C(C)(C)C. The van der Waals surface area contributed by atoms with Crippen molar-refractivity contribution in [3.63, 3.8) is 0 Å². The molecular weight excluding hydrogens is 524 g/mol. The van der Waals surface area contributed by atoms with E-state index in [2.05, 4.69) is 22.0 Å². The van der Waals surface area contributed by atoms with E-state index in [0.717, 1.165) is 36.0 Å². The Hall–Kier alpha value is -4.08. The fraction of sp³-hybridized carbons (Fsp3) is 0.484. The molecule has 4 rings (SSSR count). The van der Waals surface area contributed by atoms with Crippen LogP contribution in [0.15, 0.2) is 42.5 Å². The van der Waals surface area contributed by atoms with Crippen LogP contribution < -0.4 is 16.0 Å². The monoisotopic (exact) mass is 564 g/mol. The molecule has 10 nitrogen and oxygen atoms in total. The molecule has 4 atom stereocenters. The van der Waals surface area contributed by atoms with Gasteiger partial charge >= 0.3 is 6.09 Å². The summed E-state index contributed by atoms with van der Waals surface area (Å²) in [4.78, 5) is 54.3. The number of hydrogen-bond donors (Lipinski definition) is 4. The van der Waals surface area contributed by atoms with E-state index in [1.165, 1.54) is 24.4 Å². The van der Waals surface area contributed by atoms with Gasteiger partial charge < -0.3 is 30.7 Å². The van der Waals surface area contributed by atoms with Crippen LogP contribution in [0.4, 0.5) is 4.79 Å². The first-order chi connectivity index (χ1) is 19.4. The smallest absolute Gasteiger partial charge is 0.407 e. The van der Waals surface area contributed by atoms with Crippen molar-refractivity contribution in [2.24, 2.45) is 5.41 Å². The van der Waals surface area contributed by atoms with Gasteiger partial charge in [0.1, 0.15) is 17.8 Å². The second-order valence-corrected chi connectivity index (χ2v) is 11.9. The van der Waals surface area contributed by atoms with Crippen LogP contribution in [0.3, 0.4) is 0 Å². The number of nitrogens with zero attached hydrogens (tertiary/aromatic N) is 1. The van der Waals surface area contributed by atoms with E-state index in [0.29, 0.717) is 0 Å². The fourth-order valence-electron chi connectivity index (χ4n) is 5.56. The highest BCUT2D eigenvalue weighted by Gasteiger charge is 2.43. The molecule has 1 aliphatic heterocycles. The molecule has 1 heterocycles. The summed E-state index contributed by atoms with van der Waals surface area (Å²) < 4.78 is 5.05. The minimum absolute atomic E-state index is 0.0683. The fourth-order valence-corrected chi connectivity index (χ4v) is 5.56. The summed E-state index contributed by atoms with van der Waals surface area (Å²) in [6.07, 6.45) is 1.08. The van der Waals surface area contributed by atoms with Gasteiger partial charge in [-0.3, -0.25) is 14.4 Å². The van der Waals surface area contributed by atoms with Crippen molar-refractivity contribution in [3.8, 4) is 5.75 Å². The van der Waals surface area contributed by atoms with Crippen LogP contribution in [0.5, 0.6) is 5.75 Å². The molecule has 2 aromatic carbocycles.